The summed E-state index contributed by atoms with van der Waals surface area (Å²) in [4.78, 5) is 36.1. The van der Waals surface area contributed by atoms with Crippen molar-refractivity contribution >= 4 is 23.5 Å². The molecular weight excluding hydrogens is 348 g/mol. The second kappa shape index (κ2) is 8.52. The molecule has 7 heteroatoms. The van der Waals surface area contributed by atoms with Gasteiger partial charge in [0.2, 0.25) is 5.91 Å². The van der Waals surface area contributed by atoms with Crippen molar-refractivity contribution in [2.45, 2.75) is 26.2 Å². The molecule has 1 aromatic carbocycles. The number of hydrogen-bond donors (Lipinski definition) is 3. The Kier molecular flexibility index (Phi) is 6.11. The van der Waals surface area contributed by atoms with E-state index < -0.39 is 11.9 Å². The van der Waals surface area contributed by atoms with Gasteiger partial charge < -0.3 is 20.5 Å². The van der Waals surface area contributed by atoms with Gasteiger partial charge in [0.1, 0.15) is 0 Å². The van der Waals surface area contributed by atoms with Crippen molar-refractivity contribution in [2.75, 3.05) is 25.1 Å². The predicted molar refractivity (Wildman–Crippen MR) is 99.3 cm³/mol. The molecule has 1 aliphatic heterocycles. The van der Waals surface area contributed by atoms with E-state index in [0.717, 1.165) is 6.42 Å². The Balaban J connectivity index is 1.57. The summed E-state index contributed by atoms with van der Waals surface area (Å²) in [5.41, 5.74) is 0.971. The summed E-state index contributed by atoms with van der Waals surface area (Å²) < 4.78 is 5.28. The van der Waals surface area contributed by atoms with Crippen LogP contribution in [0.25, 0.3) is 0 Å². The molecule has 2 aliphatic rings. The molecule has 0 bridgehead atoms. The average molecular weight is 374 g/mol. The normalized spacial score (nSPS) is 23.3. The molecule has 3 unspecified atom stereocenters. The number of anilines is 1. The van der Waals surface area contributed by atoms with Gasteiger partial charge in [0.05, 0.1) is 5.92 Å². The fraction of sp³-hybridized carbons (Fsp3) is 0.550. The topological polar surface area (TPSA) is 105 Å². The predicted octanol–water partition coefficient (Wildman–Crippen LogP) is 2.14. The lowest BCUT2D eigenvalue weighted by Crippen LogP contribution is -2.39. The zero-order chi connectivity index (χ0) is 19.4. The molecule has 2 amide bonds. The Labute approximate surface area is 158 Å². The molecule has 1 saturated heterocycles. The first-order chi connectivity index (χ1) is 13.0. The average Bonchev–Trinajstić information content (AvgIpc) is 3.39. The Morgan fingerprint density at radius 2 is 1.96 bits per heavy atom. The third-order valence-electron chi connectivity index (χ3n) is 5.47. The molecule has 2 fully saturated rings. The molecule has 146 valence electrons. The van der Waals surface area contributed by atoms with Crippen LogP contribution >= 0.6 is 0 Å². The molecule has 3 atom stereocenters. The van der Waals surface area contributed by atoms with Crippen LogP contribution in [0.15, 0.2) is 24.3 Å². The molecule has 7 nitrogen and oxygen atoms in total. The number of hydrogen-bond acceptors (Lipinski definition) is 4. The number of carboxylic acid groups (broad SMARTS) is 1. The van der Waals surface area contributed by atoms with Crippen LogP contribution in [-0.2, 0) is 14.3 Å². The van der Waals surface area contributed by atoms with Gasteiger partial charge in [-0.15, -0.1) is 0 Å². The van der Waals surface area contributed by atoms with Crippen LogP contribution in [0.1, 0.15) is 36.5 Å². The summed E-state index contributed by atoms with van der Waals surface area (Å²) in [6, 6.07) is 6.71. The van der Waals surface area contributed by atoms with Gasteiger partial charge in [0.25, 0.3) is 5.91 Å². The molecule has 1 aromatic rings. The minimum Gasteiger partial charge on any atom is -0.481 e. The number of carbonyl (C=O) groups is 3. The lowest BCUT2D eigenvalue weighted by atomic mass is 9.86. The molecule has 3 rings (SSSR count). The van der Waals surface area contributed by atoms with Crippen molar-refractivity contribution in [3.8, 4) is 0 Å². The van der Waals surface area contributed by atoms with Crippen molar-refractivity contribution in [3.63, 3.8) is 0 Å². The van der Waals surface area contributed by atoms with Crippen LogP contribution in [-0.4, -0.2) is 42.6 Å². The number of rotatable bonds is 7. The lowest BCUT2D eigenvalue weighted by Gasteiger charge is -2.27. The quantitative estimate of drug-likeness (QED) is 0.678. The van der Waals surface area contributed by atoms with E-state index in [0.29, 0.717) is 43.2 Å². The minimum absolute atomic E-state index is 0.00250. The second-order valence-corrected chi connectivity index (χ2v) is 7.49. The Bertz CT molecular complexity index is 714. The van der Waals surface area contributed by atoms with Crippen LogP contribution < -0.4 is 10.6 Å². The van der Waals surface area contributed by atoms with Gasteiger partial charge in [0.15, 0.2) is 0 Å². The number of benzene rings is 1. The first-order valence-electron chi connectivity index (χ1n) is 9.45. The van der Waals surface area contributed by atoms with Crippen LogP contribution in [0.3, 0.4) is 0 Å². The maximum atomic E-state index is 12.4. The Morgan fingerprint density at radius 1 is 1.26 bits per heavy atom. The van der Waals surface area contributed by atoms with Gasteiger partial charge in [-0.1, -0.05) is 13.0 Å². The smallest absolute Gasteiger partial charge is 0.308 e. The number of carbonyl (C=O) groups excluding carboxylic acids is 2. The van der Waals surface area contributed by atoms with Gasteiger partial charge in [-0.3, -0.25) is 14.4 Å². The highest BCUT2D eigenvalue weighted by Crippen LogP contribution is 2.38. The summed E-state index contributed by atoms with van der Waals surface area (Å²) in [6.07, 6.45) is 2.27. The number of nitrogens with one attached hydrogen (secondary N) is 2. The van der Waals surface area contributed by atoms with Gasteiger partial charge >= 0.3 is 5.97 Å². The third kappa shape index (κ3) is 5.07. The van der Waals surface area contributed by atoms with Crippen LogP contribution in [0.2, 0.25) is 0 Å². The van der Waals surface area contributed by atoms with Crippen LogP contribution in [0.4, 0.5) is 5.69 Å². The molecule has 3 N–H and O–H groups in total. The monoisotopic (exact) mass is 374 g/mol. The van der Waals surface area contributed by atoms with E-state index >= 15 is 0 Å². The number of carboxylic acids is 1. The highest BCUT2D eigenvalue weighted by atomic mass is 16.5. The number of ether oxygens (including phenoxy) is 1. The second-order valence-electron chi connectivity index (χ2n) is 7.49. The fourth-order valence-electron chi connectivity index (χ4n) is 3.54. The number of aliphatic carboxylic acids is 1. The summed E-state index contributed by atoms with van der Waals surface area (Å²) in [5, 5.41) is 15.1. The summed E-state index contributed by atoms with van der Waals surface area (Å²) in [5.74, 6) is -1.43. The van der Waals surface area contributed by atoms with E-state index in [2.05, 4.69) is 10.6 Å². The maximum absolute atomic E-state index is 12.4. The maximum Gasteiger partial charge on any atom is 0.308 e. The molecule has 1 heterocycles. The zero-order valence-corrected chi connectivity index (χ0v) is 15.4. The SMILES string of the molecule is CC1CC1C(=O)Nc1cccc(C(=O)NCC(C(=O)O)C2CCOCC2)c1. The summed E-state index contributed by atoms with van der Waals surface area (Å²) >= 11 is 0. The summed E-state index contributed by atoms with van der Waals surface area (Å²) in [6.45, 7) is 3.23. The molecule has 0 radical (unpaired) electrons. The minimum atomic E-state index is -0.901. The highest BCUT2D eigenvalue weighted by molar-refractivity contribution is 5.98. The third-order valence-corrected chi connectivity index (χ3v) is 5.47. The summed E-state index contributed by atoms with van der Waals surface area (Å²) in [7, 11) is 0. The largest absolute Gasteiger partial charge is 0.481 e. The first-order valence-corrected chi connectivity index (χ1v) is 9.45. The van der Waals surface area contributed by atoms with Crippen molar-refractivity contribution in [1.82, 2.24) is 5.32 Å². The highest BCUT2D eigenvalue weighted by Gasteiger charge is 2.39. The van der Waals surface area contributed by atoms with E-state index in [-0.39, 0.29) is 30.2 Å². The van der Waals surface area contributed by atoms with Crippen molar-refractivity contribution in [1.29, 1.82) is 0 Å². The van der Waals surface area contributed by atoms with Gasteiger partial charge in [-0.25, -0.2) is 0 Å². The molecule has 0 aromatic heterocycles. The van der Waals surface area contributed by atoms with E-state index in [9.17, 15) is 19.5 Å². The van der Waals surface area contributed by atoms with E-state index in [4.69, 9.17) is 4.74 Å². The van der Waals surface area contributed by atoms with Gasteiger partial charge in [-0.05, 0) is 49.3 Å². The first kappa shape index (κ1) is 19.4. The van der Waals surface area contributed by atoms with Crippen molar-refractivity contribution in [2.24, 2.45) is 23.7 Å². The van der Waals surface area contributed by atoms with E-state index in [1.54, 1.807) is 24.3 Å². The molecular formula is C20H26N2O5. The number of amides is 2. The fourth-order valence-corrected chi connectivity index (χ4v) is 3.54. The molecule has 27 heavy (non-hydrogen) atoms. The van der Waals surface area contributed by atoms with Crippen LogP contribution in [0.5, 0.6) is 0 Å². The van der Waals surface area contributed by atoms with Gasteiger partial charge in [-0.2, -0.15) is 0 Å². The zero-order valence-electron chi connectivity index (χ0n) is 15.4. The van der Waals surface area contributed by atoms with Crippen molar-refractivity contribution in [3.05, 3.63) is 29.8 Å². The van der Waals surface area contributed by atoms with E-state index in [1.807, 2.05) is 6.92 Å². The Morgan fingerprint density at radius 3 is 2.59 bits per heavy atom. The van der Waals surface area contributed by atoms with Crippen LogP contribution in [0, 0.1) is 23.7 Å². The van der Waals surface area contributed by atoms with Crippen molar-refractivity contribution < 1.29 is 24.2 Å². The Hall–Kier alpha value is -2.41. The molecule has 1 saturated carbocycles. The van der Waals surface area contributed by atoms with Gasteiger partial charge in [0, 0.05) is 36.9 Å². The molecule has 0 spiro atoms. The van der Waals surface area contributed by atoms with E-state index in [1.165, 1.54) is 0 Å². The lowest BCUT2D eigenvalue weighted by molar-refractivity contribution is -0.144. The standard InChI is InChI=1S/C20H26N2O5/c1-12-9-16(12)19(24)22-15-4-2-3-14(10-15)18(23)21-11-17(20(25)26)13-5-7-27-8-6-13/h2-4,10,12-13,16-17H,5-9,11H2,1H3,(H,21,23)(H,22,24)(H,25,26). The molecule has 1 aliphatic carbocycles.